The van der Waals surface area contributed by atoms with E-state index in [4.69, 9.17) is 27.9 Å². The number of ether oxygens (including phenoxy) is 1. The Morgan fingerprint density at radius 1 is 1.05 bits per heavy atom. The van der Waals surface area contributed by atoms with E-state index in [1.807, 2.05) is 12.1 Å². The van der Waals surface area contributed by atoms with Crippen LogP contribution in [0.15, 0.2) is 54.7 Å². The maximum Gasteiger partial charge on any atom is 0.200 e. The maximum absolute atomic E-state index is 12.1. The van der Waals surface area contributed by atoms with E-state index in [1.54, 1.807) is 42.6 Å². The number of hydrogen-bond acceptors (Lipinski definition) is 3. The molecule has 0 saturated carbocycles. The third kappa shape index (κ3) is 2.91. The van der Waals surface area contributed by atoms with Gasteiger partial charge in [-0.15, -0.1) is 0 Å². The van der Waals surface area contributed by atoms with Crippen molar-refractivity contribution in [3.8, 4) is 5.75 Å². The Balaban J connectivity index is 1.90. The van der Waals surface area contributed by atoms with E-state index in [2.05, 4.69) is 4.98 Å². The highest BCUT2D eigenvalue weighted by Gasteiger charge is 2.14. The summed E-state index contributed by atoms with van der Waals surface area (Å²) >= 11 is 12.3. The van der Waals surface area contributed by atoms with E-state index < -0.39 is 0 Å². The molecule has 0 aliphatic carbocycles. The maximum atomic E-state index is 12.1. The fourth-order valence-corrected chi connectivity index (χ4v) is 2.70. The molecular weight excluding hydrogens is 321 g/mol. The molecule has 5 heteroatoms. The van der Waals surface area contributed by atoms with Gasteiger partial charge in [0.25, 0.3) is 0 Å². The number of aromatic nitrogens is 1. The van der Waals surface area contributed by atoms with Gasteiger partial charge in [0.05, 0.1) is 10.0 Å². The van der Waals surface area contributed by atoms with E-state index in [0.717, 1.165) is 5.39 Å². The molecule has 3 aromatic rings. The van der Waals surface area contributed by atoms with Crippen LogP contribution in [-0.2, 0) is 0 Å². The second-order valence-electron chi connectivity index (χ2n) is 4.65. The van der Waals surface area contributed by atoms with Crippen molar-refractivity contribution in [2.24, 2.45) is 0 Å². The van der Waals surface area contributed by atoms with Gasteiger partial charge in [0.2, 0.25) is 0 Å². The summed E-state index contributed by atoms with van der Waals surface area (Å²) in [6.07, 6.45) is 1.63. The molecule has 0 aliphatic heterocycles. The fourth-order valence-electron chi connectivity index (χ4n) is 2.13. The summed E-state index contributed by atoms with van der Waals surface area (Å²) in [5.74, 6) is 0.238. The lowest BCUT2D eigenvalue weighted by Gasteiger charge is -2.11. The van der Waals surface area contributed by atoms with Gasteiger partial charge in [-0.2, -0.15) is 0 Å². The fraction of sp³-hybridized carbons (Fsp3) is 0.0588. The number of ketones is 1. The molecule has 110 valence electrons. The van der Waals surface area contributed by atoms with Crippen LogP contribution in [0.1, 0.15) is 10.4 Å². The number of fused-ring (bicyclic) bond motifs is 1. The number of halogens is 2. The van der Waals surface area contributed by atoms with Crippen molar-refractivity contribution in [1.29, 1.82) is 0 Å². The Bertz CT molecular complexity index is 835. The molecule has 1 aromatic heterocycles. The first kappa shape index (κ1) is 14.8. The van der Waals surface area contributed by atoms with Crippen LogP contribution in [0.4, 0.5) is 0 Å². The summed E-state index contributed by atoms with van der Waals surface area (Å²) in [5, 5.41) is 1.56. The third-order valence-corrected chi connectivity index (χ3v) is 3.79. The first-order valence-electron chi connectivity index (χ1n) is 6.60. The molecule has 0 bridgehead atoms. The zero-order valence-corrected chi connectivity index (χ0v) is 12.9. The molecule has 0 radical (unpaired) electrons. The van der Waals surface area contributed by atoms with Crippen LogP contribution >= 0.6 is 23.2 Å². The molecule has 0 atom stereocenters. The van der Waals surface area contributed by atoms with Crippen molar-refractivity contribution in [2.75, 3.05) is 6.61 Å². The Labute approximate surface area is 137 Å². The molecule has 0 amide bonds. The van der Waals surface area contributed by atoms with Crippen LogP contribution in [0.3, 0.4) is 0 Å². The topological polar surface area (TPSA) is 39.2 Å². The number of hydrogen-bond donors (Lipinski definition) is 0. The molecule has 0 saturated heterocycles. The van der Waals surface area contributed by atoms with Gasteiger partial charge in [0.15, 0.2) is 18.1 Å². The lowest BCUT2D eigenvalue weighted by atomic mass is 10.1. The third-order valence-electron chi connectivity index (χ3n) is 3.19. The highest BCUT2D eigenvalue weighted by Crippen LogP contribution is 2.36. The standard InChI is InChI=1S/C17H11Cl2NO2/c18-13-9-14(19)17(16-12(13)7-4-8-20-16)22-10-15(21)11-5-2-1-3-6-11/h1-9H,10H2. The first-order valence-corrected chi connectivity index (χ1v) is 7.36. The monoisotopic (exact) mass is 331 g/mol. The largest absolute Gasteiger partial charge is 0.482 e. The summed E-state index contributed by atoms with van der Waals surface area (Å²) < 4.78 is 5.62. The molecule has 22 heavy (non-hydrogen) atoms. The van der Waals surface area contributed by atoms with Crippen molar-refractivity contribution in [3.05, 3.63) is 70.3 Å². The van der Waals surface area contributed by atoms with E-state index >= 15 is 0 Å². The predicted octanol–water partition coefficient (Wildman–Crippen LogP) is 4.80. The SMILES string of the molecule is O=C(COc1c(Cl)cc(Cl)c2cccnc12)c1ccccc1. The average Bonchev–Trinajstić information content (AvgIpc) is 2.55. The number of benzene rings is 2. The van der Waals surface area contributed by atoms with Crippen molar-refractivity contribution >= 4 is 39.9 Å². The molecular formula is C17H11Cl2NO2. The Kier molecular flexibility index (Phi) is 4.27. The van der Waals surface area contributed by atoms with Gasteiger partial charge in [0.1, 0.15) is 5.52 Å². The second kappa shape index (κ2) is 6.34. The summed E-state index contributed by atoms with van der Waals surface area (Å²) in [6.45, 7) is -0.114. The zero-order chi connectivity index (χ0) is 15.5. The normalized spacial score (nSPS) is 10.6. The molecule has 3 rings (SSSR count). The molecule has 0 aliphatic rings. The molecule has 2 aromatic carbocycles. The van der Waals surface area contributed by atoms with Crippen LogP contribution in [0.5, 0.6) is 5.75 Å². The quantitative estimate of drug-likeness (QED) is 0.644. The van der Waals surface area contributed by atoms with E-state index in [-0.39, 0.29) is 12.4 Å². The van der Waals surface area contributed by atoms with E-state index in [1.165, 1.54) is 0 Å². The minimum atomic E-state index is -0.129. The highest BCUT2D eigenvalue weighted by molar-refractivity contribution is 6.39. The van der Waals surface area contributed by atoms with Gasteiger partial charge in [0, 0.05) is 17.1 Å². The summed E-state index contributed by atoms with van der Waals surface area (Å²) in [7, 11) is 0. The number of nitrogens with zero attached hydrogens (tertiary/aromatic N) is 1. The van der Waals surface area contributed by atoms with Gasteiger partial charge in [-0.3, -0.25) is 9.78 Å². The number of carbonyl (C=O) groups is 1. The van der Waals surface area contributed by atoms with Crippen LogP contribution in [0.2, 0.25) is 10.0 Å². The minimum absolute atomic E-state index is 0.114. The van der Waals surface area contributed by atoms with Gasteiger partial charge in [-0.05, 0) is 18.2 Å². The molecule has 3 nitrogen and oxygen atoms in total. The Morgan fingerprint density at radius 3 is 2.59 bits per heavy atom. The Morgan fingerprint density at radius 2 is 1.82 bits per heavy atom. The van der Waals surface area contributed by atoms with Crippen molar-refractivity contribution in [2.45, 2.75) is 0 Å². The Hall–Kier alpha value is -2.10. The van der Waals surface area contributed by atoms with Crippen molar-refractivity contribution in [1.82, 2.24) is 4.98 Å². The van der Waals surface area contributed by atoms with Crippen molar-refractivity contribution < 1.29 is 9.53 Å². The average molecular weight is 332 g/mol. The van der Waals surface area contributed by atoms with Crippen LogP contribution in [0, 0.1) is 0 Å². The first-order chi connectivity index (χ1) is 10.7. The minimum Gasteiger partial charge on any atom is -0.482 e. The summed E-state index contributed by atoms with van der Waals surface area (Å²) in [6, 6.07) is 14.1. The molecule has 1 heterocycles. The molecule has 0 spiro atoms. The van der Waals surface area contributed by atoms with Gasteiger partial charge < -0.3 is 4.74 Å². The van der Waals surface area contributed by atoms with Gasteiger partial charge in [-0.25, -0.2) is 0 Å². The van der Waals surface area contributed by atoms with E-state index in [0.29, 0.717) is 26.9 Å². The summed E-state index contributed by atoms with van der Waals surface area (Å²) in [4.78, 5) is 16.4. The van der Waals surface area contributed by atoms with Crippen LogP contribution < -0.4 is 4.74 Å². The van der Waals surface area contributed by atoms with Gasteiger partial charge >= 0.3 is 0 Å². The number of Topliss-reactive ketones (excluding diaryl/α,β-unsaturated/α-hetero) is 1. The van der Waals surface area contributed by atoms with Crippen LogP contribution in [-0.4, -0.2) is 17.4 Å². The molecule has 0 unspecified atom stereocenters. The smallest absolute Gasteiger partial charge is 0.200 e. The summed E-state index contributed by atoms with van der Waals surface area (Å²) in [5.41, 5.74) is 1.13. The zero-order valence-electron chi connectivity index (χ0n) is 11.4. The van der Waals surface area contributed by atoms with E-state index in [9.17, 15) is 4.79 Å². The predicted molar refractivity (Wildman–Crippen MR) is 88.0 cm³/mol. The lowest BCUT2D eigenvalue weighted by molar-refractivity contribution is 0.0922. The molecule has 0 fully saturated rings. The van der Waals surface area contributed by atoms with Gasteiger partial charge in [-0.1, -0.05) is 53.5 Å². The van der Waals surface area contributed by atoms with Crippen molar-refractivity contribution in [3.63, 3.8) is 0 Å². The molecule has 0 N–H and O–H groups in total. The highest BCUT2D eigenvalue weighted by atomic mass is 35.5. The number of carbonyl (C=O) groups excluding carboxylic acids is 1. The number of pyridine rings is 1. The lowest BCUT2D eigenvalue weighted by Crippen LogP contribution is -2.12. The van der Waals surface area contributed by atoms with Crippen LogP contribution in [0.25, 0.3) is 10.9 Å². The second-order valence-corrected chi connectivity index (χ2v) is 5.46. The number of rotatable bonds is 4.